The van der Waals surface area contributed by atoms with Crippen LogP contribution in [0.2, 0.25) is 0 Å². The fourth-order valence-corrected chi connectivity index (χ4v) is 5.74. The molecule has 0 saturated carbocycles. The van der Waals surface area contributed by atoms with Crippen LogP contribution in [0.15, 0.2) is 35.6 Å². The van der Waals surface area contributed by atoms with Gasteiger partial charge in [-0.2, -0.15) is 0 Å². The number of ether oxygens (including phenoxy) is 1. The molecular formula is C21H23N3O2S2. The molecule has 1 aromatic carbocycles. The summed E-state index contributed by atoms with van der Waals surface area (Å²) in [7, 11) is 1.66. The van der Waals surface area contributed by atoms with E-state index in [4.69, 9.17) is 4.74 Å². The number of fused-ring (bicyclic) bond motifs is 3. The summed E-state index contributed by atoms with van der Waals surface area (Å²) < 4.78 is 5.17. The summed E-state index contributed by atoms with van der Waals surface area (Å²) in [6.45, 7) is 2.55. The number of carbonyl (C=O) groups is 1. The molecule has 2 heterocycles. The largest absolute Gasteiger partial charge is 0.497 e. The topological polar surface area (TPSA) is 64.1 Å². The van der Waals surface area contributed by atoms with E-state index in [1.807, 2.05) is 31.2 Å². The fourth-order valence-electron chi connectivity index (χ4n) is 3.48. The summed E-state index contributed by atoms with van der Waals surface area (Å²) in [5.74, 6) is 0.881. The number of nitrogens with zero attached hydrogens (tertiary/aromatic N) is 2. The Morgan fingerprint density at radius 2 is 2.11 bits per heavy atom. The van der Waals surface area contributed by atoms with Crippen molar-refractivity contribution in [3.8, 4) is 5.75 Å². The molecule has 0 aliphatic heterocycles. The molecule has 1 N–H and O–H groups in total. The third-order valence-corrected chi connectivity index (χ3v) is 7.30. The van der Waals surface area contributed by atoms with Crippen molar-refractivity contribution in [2.24, 2.45) is 0 Å². The number of rotatable bonds is 7. The smallest absolute Gasteiger partial charge is 0.233 e. The van der Waals surface area contributed by atoms with Gasteiger partial charge in [-0.15, -0.1) is 11.3 Å². The van der Waals surface area contributed by atoms with Crippen LogP contribution in [0, 0.1) is 0 Å². The Hall–Kier alpha value is -2.12. The monoisotopic (exact) mass is 413 g/mol. The molecule has 3 aromatic rings. The summed E-state index contributed by atoms with van der Waals surface area (Å²) >= 11 is 3.31. The van der Waals surface area contributed by atoms with Gasteiger partial charge in [0.15, 0.2) is 0 Å². The van der Waals surface area contributed by atoms with Crippen LogP contribution in [-0.2, 0) is 24.1 Å². The van der Waals surface area contributed by atoms with Crippen molar-refractivity contribution in [1.29, 1.82) is 0 Å². The maximum atomic E-state index is 12.6. The van der Waals surface area contributed by atoms with Crippen molar-refractivity contribution >= 4 is 39.2 Å². The van der Waals surface area contributed by atoms with Gasteiger partial charge in [0, 0.05) is 16.8 Å². The number of amides is 1. The molecule has 0 fully saturated rings. The van der Waals surface area contributed by atoms with Crippen LogP contribution in [0.4, 0.5) is 0 Å². The number of aryl methyl sites for hydroxylation is 2. The molecule has 28 heavy (non-hydrogen) atoms. The quantitative estimate of drug-likeness (QED) is 0.468. The van der Waals surface area contributed by atoms with E-state index in [2.05, 4.69) is 15.3 Å². The van der Waals surface area contributed by atoms with Crippen molar-refractivity contribution < 1.29 is 9.53 Å². The normalized spacial score (nSPS) is 14.1. The molecule has 5 nitrogen and oxygen atoms in total. The molecule has 0 saturated heterocycles. The third kappa shape index (κ3) is 4.00. The number of hydrogen-bond acceptors (Lipinski definition) is 6. The molecule has 1 amide bonds. The summed E-state index contributed by atoms with van der Waals surface area (Å²) in [5, 5.41) is 4.94. The third-order valence-electron chi connectivity index (χ3n) is 5.00. The maximum Gasteiger partial charge on any atom is 0.233 e. The van der Waals surface area contributed by atoms with Gasteiger partial charge in [-0.1, -0.05) is 23.9 Å². The minimum Gasteiger partial charge on any atom is -0.497 e. The van der Waals surface area contributed by atoms with Crippen LogP contribution in [0.5, 0.6) is 5.75 Å². The Morgan fingerprint density at radius 3 is 2.89 bits per heavy atom. The summed E-state index contributed by atoms with van der Waals surface area (Å²) in [6.07, 6.45) is 5.85. The van der Waals surface area contributed by atoms with E-state index in [1.165, 1.54) is 39.6 Å². The summed E-state index contributed by atoms with van der Waals surface area (Å²) in [6, 6.07) is 7.93. The molecule has 146 valence electrons. The van der Waals surface area contributed by atoms with E-state index >= 15 is 0 Å². The minimum atomic E-state index is -0.203. The SMILES string of the molecule is COc1ccc(CCNC(=O)[C@H](C)Sc2ncnc3sc4c(c23)CCC4)cc1. The predicted octanol–water partition coefficient (Wildman–Crippen LogP) is 4.03. The van der Waals surface area contributed by atoms with Gasteiger partial charge in [-0.25, -0.2) is 9.97 Å². The Morgan fingerprint density at radius 1 is 1.29 bits per heavy atom. The van der Waals surface area contributed by atoms with Gasteiger partial charge in [-0.05, 0) is 55.9 Å². The van der Waals surface area contributed by atoms with E-state index in [1.54, 1.807) is 24.8 Å². The molecule has 1 aliphatic rings. The Bertz CT molecular complexity index is 985. The molecular weight excluding hydrogens is 390 g/mol. The lowest BCUT2D eigenvalue weighted by Gasteiger charge is -2.12. The number of benzene rings is 1. The van der Waals surface area contributed by atoms with Crippen molar-refractivity contribution in [3.63, 3.8) is 0 Å². The van der Waals surface area contributed by atoms with E-state index in [0.29, 0.717) is 6.54 Å². The molecule has 0 spiro atoms. The predicted molar refractivity (Wildman–Crippen MR) is 114 cm³/mol. The van der Waals surface area contributed by atoms with E-state index in [0.717, 1.165) is 34.9 Å². The first-order valence-corrected chi connectivity index (χ1v) is 11.2. The summed E-state index contributed by atoms with van der Waals surface area (Å²) in [4.78, 5) is 24.0. The number of thiophene rings is 1. The first kappa shape index (κ1) is 19.2. The van der Waals surface area contributed by atoms with Crippen LogP contribution in [-0.4, -0.2) is 34.8 Å². The standard InChI is InChI=1S/C21H23N3O2S2/c1-13(19(25)22-11-10-14-6-8-15(26-2)9-7-14)27-20-18-16-4-3-5-17(16)28-21(18)24-12-23-20/h6-9,12-13H,3-5,10-11H2,1-2H3,(H,22,25)/t13-/m0/s1. The second kappa shape index (κ2) is 8.49. The van der Waals surface area contributed by atoms with Gasteiger partial charge in [0.1, 0.15) is 21.9 Å². The molecule has 0 bridgehead atoms. The van der Waals surface area contributed by atoms with Crippen LogP contribution in [0.1, 0.15) is 29.3 Å². The van der Waals surface area contributed by atoms with Crippen molar-refractivity contribution in [2.75, 3.05) is 13.7 Å². The maximum absolute atomic E-state index is 12.6. The Kier molecular flexibility index (Phi) is 5.82. The second-order valence-electron chi connectivity index (χ2n) is 6.87. The Balaban J connectivity index is 1.36. The van der Waals surface area contributed by atoms with Crippen molar-refractivity contribution in [3.05, 3.63) is 46.6 Å². The highest BCUT2D eigenvalue weighted by molar-refractivity contribution is 8.00. The first-order valence-electron chi connectivity index (χ1n) is 9.48. The minimum absolute atomic E-state index is 0.0390. The fraction of sp³-hybridized carbons (Fsp3) is 0.381. The highest BCUT2D eigenvalue weighted by atomic mass is 32.2. The lowest BCUT2D eigenvalue weighted by Crippen LogP contribution is -2.32. The number of nitrogens with one attached hydrogen (secondary N) is 1. The van der Waals surface area contributed by atoms with E-state index in [9.17, 15) is 4.79 Å². The molecule has 4 rings (SSSR count). The van der Waals surface area contributed by atoms with Gasteiger partial charge < -0.3 is 10.1 Å². The number of carbonyl (C=O) groups excluding carboxylic acids is 1. The Labute approximate surface area is 172 Å². The first-order chi connectivity index (χ1) is 13.7. The second-order valence-corrected chi connectivity index (χ2v) is 9.28. The number of thioether (sulfide) groups is 1. The van der Waals surface area contributed by atoms with Gasteiger partial charge in [0.25, 0.3) is 0 Å². The zero-order valence-electron chi connectivity index (χ0n) is 16.0. The average Bonchev–Trinajstić information content (AvgIpc) is 3.29. The number of aromatic nitrogens is 2. The average molecular weight is 414 g/mol. The van der Waals surface area contributed by atoms with Crippen LogP contribution in [0.25, 0.3) is 10.2 Å². The van der Waals surface area contributed by atoms with Gasteiger partial charge in [0.2, 0.25) is 5.91 Å². The summed E-state index contributed by atoms with van der Waals surface area (Å²) in [5.41, 5.74) is 2.57. The van der Waals surface area contributed by atoms with Gasteiger partial charge >= 0.3 is 0 Å². The van der Waals surface area contributed by atoms with Crippen LogP contribution in [0.3, 0.4) is 0 Å². The lowest BCUT2D eigenvalue weighted by atomic mass is 10.1. The van der Waals surface area contributed by atoms with Gasteiger partial charge in [-0.3, -0.25) is 4.79 Å². The van der Waals surface area contributed by atoms with E-state index in [-0.39, 0.29) is 11.2 Å². The molecule has 2 aromatic heterocycles. The lowest BCUT2D eigenvalue weighted by molar-refractivity contribution is -0.120. The molecule has 1 atom stereocenters. The van der Waals surface area contributed by atoms with Crippen molar-refractivity contribution in [1.82, 2.24) is 15.3 Å². The van der Waals surface area contributed by atoms with Crippen molar-refractivity contribution in [2.45, 2.75) is 42.9 Å². The number of hydrogen-bond donors (Lipinski definition) is 1. The molecule has 7 heteroatoms. The number of methoxy groups -OCH3 is 1. The van der Waals surface area contributed by atoms with Crippen LogP contribution >= 0.6 is 23.1 Å². The molecule has 1 aliphatic carbocycles. The molecule has 0 radical (unpaired) electrons. The van der Waals surface area contributed by atoms with E-state index < -0.39 is 0 Å². The zero-order valence-corrected chi connectivity index (χ0v) is 17.7. The van der Waals surface area contributed by atoms with Crippen LogP contribution < -0.4 is 10.1 Å². The van der Waals surface area contributed by atoms with Gasteiger partial charge in [0.05, 0.1) is 12.4 Å². The highest BCUT2D eigenvalue weighted by Gasteiger charge is 2.23. The zero-order chi connectivity index (χ0) is 19.5. The highest BCUT2D eigenvalue weighted by Crippen LogP contribution is 2.40. The molecule has 0 unspecified atom stereocenters.